The lowest BCUT2D eigenvalue weighted by Gasteiger charge is -2.30. The average Bonchev–Trinajstić information content (AvgIpc) is 2.83. The first kappa shape index (κ1) is 23.0. The third-order valence-electron chi connectivity index (χ3n) is 6.53. The SMILES string of the molecule is C.CN(C)c1nc(NC2CCC(NCc3cccc4ccccc34)CC2)nc2ccccc12. The van der Waals surface area contributed by atoms with Crippen molar-refractivity contribution in [2.75, 3.05) is 24.3 Å². The van der Waals surface area contributed by atoms with Crippen LogP contribution in [0, 0.1) is 0 Å². The molecule has 5 nitrogen and oxygen atoms in total. The van der Waals surface area contributed by atoms with E-state index >= 15 is 0 Å². The van der Waals surface area contributed by atoms with Gasteiger partial charge >= 0.3 is 0 Å². The van der Waals surface area contributed by atoms with Crippen LogP contribution in [0.5, 0.6) is 0 Å². The molecule has 1 aliphatic rings. The fraction of sp³-hybridized carbons (Fsp3) is 0.357. The van der Waals surface area contributed by atoms with Crippen LogP contribution in [0.25, 0.3) is 21.7 Å². The number of nitrogens with zero attached hydrogens (tertiary/aromatic N) is 3. The Morgan fingerprint density at radius 2 is 1.45 bits per heavy atom. The first-order chi connectivity index (χ1) is 15.7. The Labute approximate surface area is 197 Å². The minimum absolute atomic E-state index is 0. The summed E-state index contributed by atoms with van der Waals surface area (Å²) in [6.45, 7) is 0.921. The first-order valence-electron chi connectivity index (χ1n) is 11.6. The van der Waals surface area contributed by atoms with Crippen molar-refractivity contribution in [1.29, 1.82) is 0 Å². The third kappa shape index (κ3) is 5.09. The van der Waals surface area contributed by atoms with Gasteiger partial charge in [-0.3, -0.25) is 0 Å². The van der Waals surface area contributed by atoms with Gasteiger partial charge in [-0.1, -0.05) is 62.0 Å². The minimum atomic E-state index is 0. The van der Waals surface area contributed by atoms with Gasteiger partial charge in [0.15, 0.2) is 0 Å². The van der Waals surface area contributed by atoms with E-state index in [1.165, 1.54) is 16.3 Å². The van der Waals surface area contributed by atoms with Crippen LogP contribution in [-0.4, -0.2) is 36.1 Å². The zero-order valence-electron chi connectivity index (χ0n) is 18.9. The highest BCUT2D eigenvalue weighted by Crippen LogP contribution is 2.27. The van der Waals surface area contributed by atoms with Gasteiger partial charge in [-0.2, -0.15) is 4.98 Å². The Balaban J connectivity index is 0.00000259. The molecule has 0 aliphatic heterocycles. The quantitative estimate of drug-likeness (QED) is 0.384. The van der Waals surface area contributed by atoms with E-state index in [1.54, 1.807) is 0 Å². The third-order valence-corrected chi connectivity index (χ3v) is 6.53. The largest absolute Gasteiger partial charge is 0.362 e. The normalized spacial score (nSPS) is 18.1. The van der Waals surface area contributed by atoms with E-state index in [2.05, 4.69) is 70.1 Å². The van der Waals surface area contributed by atoms with E-state index in [9.17, 15) is 0 Å². The van der Waals surface area contributed by atoms with Crippen molar-refractivity contribution in [3.05, 3.63) is 72.3 Å². The van der Waals surface area contributed by atoms with Gasteiger partial charge in [0.2, 0.25) is 5.95 Å². The molecule has 1 fully saturated rings. The van der Waals surface area contributed by atoms with Crippen molar-refractivity contribution in [2.45, 2.75) is 51.7 Å². The molecule has 5 heteroatoms. The number of nitrogens with one attached hydrogen (secondary N) is 2. The summed E-state index contributed by atoms with van der Waals surface area (Å²) in [5, 5.41) is 11.2. The van der Waals surface area contributed by atoms with Crippen LogP contribution < -0.4 is 15.5 Å². The van der Waals surface area contributed by atoms with Crippen molar-refractivity contribution >= 4 is 33.4 Å². The van der Waals surface area contributed by atoms with Gasteiger partial charge in [0.05, 0.1) is 5.52 Å². The average molecular weight is 442 g/mol. The maximum absolute atomic E-state index is 4.81. The van der Waals surface area contributed by atoms with Gasteiger partial charge in [0, 0.05) is 38.1 Å². The summed E-state index contributed by atoms with van der Waals surface area (Å²) in [6.07, 6.45) is 4.58. The molecule has 0 unspecified atom stereocenters. The molecule has 0 amide bonds. The molecule has 172 valence electrons. The number of aromatic nitrogens is 2. The smallest absolute Gasteiger partial charge is 0.225 e. The van der Waals surface area contributed by atoms with Gasteiger partial charge in [-0.15, -0.1) is 0 Å². The second kappa shape index (κ2) is 10.2. The van der Waals surface area contributed by atoms with Crippen LogP contribution in [0.1, 0.15) is 38.7 Å². The molecule has 1 aromatic heterocycles. The number of para-hydroxylation sites is 1. The van der Waals surface area contributed by atoms with Crippen molar-refractivity contribution in [1.82, 2.24) is 15.3 Å². The van der Waals surface area contributed by atoms with Gasteiger partial charge in [-0.25, -0.2) is 4.98 Å². The Morgan fingerprint density at radius 1 is 0.788 bits per heavy atom. The van der Waals surface area contributed by atoms with Crippen LogP contribution in [0.4, 0.5) is 11.8 Å². The van der Waals surface area contributed by atoms with E-state index in [-0.39, 0.29) is 7.43 Å². The van der Waals surface area contributed by atoms with E-state index < -0.39 is 0 Å². The van der Waals surface area contributed by atoms with Gasteiger partial charge in [-0.05, 0) is 54.2 Å². The monoisotopic (exact) mass is 441 g/mol. The summed E-state index contributed by atoms with van der Waals surface area (Å²) < 4.78 is 0. The highest BCUT2D eigenvalue weighted by atomic mass is 15.2. The molecule has 0 bridgehead atoms. The fourth-order valence-corrected chi connectivity index (χ4v) is 4.79. The molecule has 0 saturated heterocycles. The minimum Gasteiger partial charge on any atom is -0.362 e. The molecule has 0 atom stereocenters. The summed E-state index contributed by atoms with van der Waals surface area (Å²) in [5.74, 6) is 1.70. The predicted molar refractivity (Wildman–Crippen MR) is 141 cm³/mol. The van der Waals surface area contributed by atoms with Crippen LogP contribution >= 0.6 is 0 Å². The lowest BCUT2D eigenvalue weighted by Crippen LogP contribution is -2.37. The van der Waals surface area contributed by atoms with Crippen LogP contribution in [-0.2, 0) is 6.54 Å². The molecule has 2 N–H and O–H groups in total. The summed E-state index contributed by atoms with van der Waals surface area (Å²) in [7, 11) is 4.07. The topological polar surface area (TPSA) is 53.1 Å². The maximum Gasteiger partial charge on any atom is 0.225 e. The van der Waals surface area contributed by atoms with Crippen LogP contribution in [0.3, 0.4) is 0 Å². The molecule has 1 heterocycles. The van der Waals surface area contributed by atoms with Crippen molar-refractivity contribution in [3.8, 4) is 0 Å². The molecule has 0 spiro atoms. The lowest BCUT2D eigenvalue weighted by molar-refractivity contribution is 0.352. The van der Waals surface area contributed by atoms with E-state index in [1.807, 2.05) is 26.2 Å². The Hall–Kier alpha value is -3.18. The molecule has 4 aromatic rings. The molecule has 33 heavy (non-hydrogen) atoms. The summed E-state index contributed by atoms with van der Waals surface area (Å²) in [4.78, 5) is 11.6. The second-order valence-corrected chi connectivity index (χ2v) is 8.99. The summed E-state index contributed by atoms with van der Waals surface area (Å²) in [6, 6.07) is 24.4. The van der Waals surface area contributed by atoms with E-state index in [0.717, 1.165) is 54.9 Å². The number of benzene rings is 3. The number of hydrogen-bond donors (Lipinski definition) is 2. The number of anilines is 2. The molecule has 3 aromatic carbocycles. The van der Waals surface area contributed by atoms with Crippen molar-refractivity contribution < 1.29 is 0 Å². The van der Waals surface area contributed by atoms with E-state index in [0.29, 0.717) is 12.1 Å². The second-order valence-electron chi connectivity index (χ2n) is 8.99. The highest BCUT2D eigenvalue weighted by Gasteiger charge is 2.22. The molecule has 5 rings (SSSR count). The summed E-state index contributed by atoms with van der Waals surface area (Å²) in [5.41, 5.74) is 2.36. The van der Waals surface area contributed by atoms with Crippen molar-refractivity contribution in [2.24, 2.45) is 0 Å². The lowest BCUT2D eigenvalue weighted by atomic mass is 9.91. The van der Waals surface area contributed by atoms with Gasteiger partial charge < -0.3 is 15.5 Å². The molecular formula is C28H35N5. The Kier molecular flexibility index (Phi) is 7.09. The highest BCUT2D eigenvalue weighted by molar-refractivity contribution is 5.90. The first-order valence-corrected chi connectivity index (χ1v) is 11.6. The fourth-order valence-electron chi connectivity index (χ4n) is 4.79. The van der Waals surface area contributed by atoms with Gasteiger partial charge in [0.1, 0.15) is 5.82 Å². The molecule has 0 radical (unpaired) electrons. The molecular weight excluding hydrogens is 406 g/mol. The summed E-state index contributed by atoms with van der Waals surface area (Å²) >= 11 is 0. The zero-order chi connectivity index (χ0) is 21.9. The van der Waals surface area contributed by atoms with E-state index in [4.69, 9.17) is 9.97 Å². The zero-order valence-corrected chi connectivity index (χ0v) is 18.9. The Morgan fingerprint density at radius 3 is 2.24 bits per heavy atom. The van der Waals surface area contributed by atoms with Crippen molar-refractivity contribution in [3.63, 3.8) is 0 Å². The molecule has 1 aliphatic carbocycles. The van der Waals surface area contributed by atoms with Gasteiger partial charge in [0.25, 0.3) is 0 Å². The number of fused-ring (bicyclic) bond motifs is 2. The maximum atomic E-state index is 4.81. The standard InChI is InChI=1S/C27H31N5.CH4/c1-32(2)26-24-12-5-6-13-25(24)30-27(31-26)29-22-16-14-21(15-17-22)28-18-20-10-7-9-19-8-3-4-11-23(19)20;/h3-13,21-22,28H,14-18H2,1-2H3,(H,29,30,31);1H4. The van der Waals surface area contributed by atoms with Crippen LogP contribution in [0.15, 0.2) is 66.7 Å². The number of hydrogen-bond acceptors (Lipinski definition) is 5. The number of rotatable bonds is 6. The Bertz CT molecular complexity index is 1210. The van der Waals surface area contributed by atoms with Crippen LogP contribution in [0.2, 0.25) is 0 Å². The molecule has 1 saturated carbocycles. The predicted octanol–water partition coefficient (Wildman–Crippen LogP) is 6.00.